The number of nitrogens with one attached hydrogen (secondary N) is 1. The van der Waals surface area contributed by atoms with E-state index in [0.717, 1.165) is 30.8 Å². The number of para-hydroxylation sites is 1. The normalized spacial score (nSPS) is 15.5. The molecule has 0 saturated heterocycles. The topological polar surface area (TPSA) is 71.5 Å². The predicted octanol–water partition coefficient (Wildman–Crippen LogP) is 5.10. The van der Waals surface area contributed by atoms with Crippen LogP contribution in [0.1, 0.15) is 40.2 Å². The van der Waals surface area contributed by atoms with Crippen molar-refractivity contribution in [3.8, 4) is 11.5 Å². The minimum Gasteiger partial charge on any atom is -0.478 e. The number of benzene rings is 2. The highest BCUT2D eigenvalue weighted by atomic mass is 16.5. The fourth-order valence-corrected chi connectivity index (χ4v) is 3.79. The van der Waals surface area contributed by atoms with Gasteiger partial charge in [-0.1, -0.05) is 30.3 Å². The highest BCUT2D eigenvalue weighted by molar-refractivity contribution is 5.93. The van der Waals surface area contributed by atoms with Gasteiger partial charge in [-0.2, -0.15) is 0 Å². The summed E-state index contributed by atoms with van der Waals surface area (Å²) in [6.07, 6.45) is 6.19. The van der Waals surface area contributed by atoms with Gasteiger partial charge in [-0.05, 0) is 54.7 Å². The minimum absolute atomic E-state index is 0.243. The summed E-state index contributed by atoms with van der Waals surface area (Å²) < 4.78 is 6.13. The molecular formula is C23H22N2O3. The number of pyridine rings is 1. The number of carbonyl (C=O) groups is 1. The molecule has 2 N–H and O–H groups in total. The van der Waals surface area contributed by atoms with Crippen LogP contribution in [0.2, 0.25) is 0 Å². The second-order valence-electron chi connectivity index (χ2n) is 6.94. The Labute approximate surface area is 164 Å². The van der Waals surface area contributed by atoms with Crippen LogP contribution in [-0.4, -0.2) is 22.6 Å². The van der Waals surface area contributed by atoms with E-state index in [9.17, 15) is 9.90 Å². The smallest absolute Gasteiger partial charge is 0.337 e. The molecular weight excluding hydrogens is 352 g/mol. The number of fused-ring (bicyclic) bond motifs is 1. The zero-order valence-corrected chi connectivity index (χ0v) is 15.5. The number of hydrogen-bond donors (Lipinski definition) is 2. The summed E-state index contributed by atoms with van der Waals surface area (Å²) in [4.78, 5) is 15.5. The molecule has 0 fully saturated rings. The Morgan fingerprint density at radius 3 is 2.82 bits per heavy atom. The van der Waals surface area contributed by atoms with E-state index < -0.39 is 5.97 Å². The molecule has 0 aliphatic heterocycles. The summed E-state index contributed by atoms with van der Waals surface area (Å²) in [5.41, 5.74) is 3.31. The van der Waals surface area contributed by atoms with Crippen molar-refractivity contribution in [1.82, 2.24) is 4.98 Å². The number of nitrogens with zero attached hydrogens (tertiary/aromatic N) is 1. The number of aromatic carboxylic acids is 1. The Morgan fingerprint density at radius 1 is 1.14 bits per heavy atom. The van der Waals surface area contributed by atoms with Gasteiger partial charge in [-0.15, -0.1) is 0 Å². The molecule has 0 spiro atoms. The maximum atomic E-state index is 11.4. The van der Waals surface area contributed by atoms with E-state index in [2.05, 4.69) is 16.4 Å². The number of aromatic nitrogens is 1. The van der Waals surface area contributed by atoms with Crippen molar-refractivity contribution in [3.63, 3.8) is 0 Å². The first-order valence-electron chi connectivity index (χ1n) is 9.48. The Bertz CT molecular complexity index is 973. The first kappa shape index (κ1) is 18.0. The van der Waals surface area contributed by atoms with Crippen molar-refractivity contribution in [2.24, 2.45) is 0 Å². The third kappa shape index (κ3) is 3.83. The molecule has 0 radical (unpaired) electrons. The molecule has 4 rings (SSSR count). The molecule has 1 atom stereocenters. The predicted molar refractivity (Wildman–Crippen MR) is 108 cm³/mol. The Kier molecular flexibility index (Phi) is 5.24. The van der Waals surface area contributed by atoms with E-state index in [1.807, 2.05) is 42.5 Å². The average molecular weight is 374 g/mol. The second-order valence-corrected chi connectivity index (χ2v) is 6.94. The molecule has 1 heterocycles. The van der Waals surface area contributed by atoms with Crippen LogP contribution >= 0.6 is 0 Å². The fourth-order valence-electron chi connectivity index (χ4n) is 3.79. The lowest BCUT2D eigenvalue weighted by Gasteiger charge is -2.28. The van der Waals surface area contributed by atoms with E-state index in [-0.39, 0.29) is 5.56 Å². The van der Waals surface area contributed by atoms with Gasteiger partial charge in [-0.3, -0.25) is 4.98 Å². The summed E-state index contributed by atoms with van der Waals surface area (Å²) in [6, 6.07) is 17.5. The number of rotatable bonds is 6. The summed E-state index contributed by atoms with van der Waals surface area (Å²) in [5.74, 6) is 1.08. The number of hydrogen-bond acceptors (Lipinski definition) is 4. The monoisotopic (exact) mass is 374 g/mol. The van der Waals surface area contributed by atoms with Gasteiger partial charge < -0.3 is 15.2 Å². The first-order valence-corrected chi connectivity index (χ1v) is 9.48. The van der Waals surface area contributed by atoms with Crippen molar-refractivity contribution in [2.45, 2.75) is 25.2 Å². The van der Waals surface area contributed by atoms with Crippen LogP contribution in [0.4, 0.5) is 5.69 Å². The van der Waals surface area contributed by atoms with E-state index in [0.29, 0.717) is 18.2 Å². The Balaban J connectivity index is 1.55. The zero-order chi connectivity index (χ0) is 19.3. The first-order chi connectivity index (χ1) is 13.7. The summed E-state index contributed by atoms with van der Waals surface area (Å²) in [5, 5.41) is 12.6. The Morgan fingerprint density at radius 2 is 2.00 bits per heavy atom. The largest absolute Gasteiger partial charge is 0.478 e. The van der Waals surface area contributed by atoms with Crippen LogP contribution < -0.4 is 10.1 Å². The molecule has 0 bridgehead atoms. The number of anilines is 1. The highest BCUT2D eigenvalue weighted by Gasteiger charge is 2.23. The van der Waals surface area contributed by atoms with Crippen LogP contribution in [0.15, 0.2) is 67.0 Å². The van der Waals surface area contributed by atoms with Gasteiger partial charge in [0.2, 0.25) is 0 Å². The lowest BCUT2D eigenvalue weighted by Crippen LogP contribution is -2.19. The molecule has 0 amide bonds. The van der Waals surface area contributed by atoms with Crippen LogP contribution in [0.5, 0.6) is 11.5 Å². The number of ether oxygens (including phenoxy) is 1. The lowest BCUT2D eigenvalue weighted by molar-refractivity contribution is 0.0698. The quantitative estimate of drug-likeness (QED) is 0.628. The molecule has 142 valence electrons. The van der Waals surface area contributed by atoms with E-state index >= 15 is 0 Å². The SMILES string of the molecule is O=C(O)c1ccncc1NCC1CCCc2c(Oc3ccccc3)cccc21. The third-order valence-electron chi connectivity index (χ3n) is 5.15. The zero-order valence-electron chi connectivity index (χ0n) is 15.5. The highest BCUT2D eigenvalue weighted by Crippen LogP contribution is 2.38. The number of carboxylic acid groups (broad SMARTS) is 1. The van der Waals surface area contributed by atoms with Crippen LogP contribution in [0.25, 0.3) is 0 Å². The van der Waals surface area contributed by atoms with Gasteiger partial charge in [0.05, 0.1) is 17.4 Å². The van der Waals surface area contributed by atoms with E-state index in [1.165, 1.54) is 23.4 Å². The van der Waals surface area contributed by atoms with Gasteiger partial charge in [0.15, 0.2) is 0 Å². The average Bonchev–Trinajstić information content (AvgIpc) is 2.73. The van der Waals surface area contributed by atoms with Crippen LogP contribution in [-0.2, 0) is 6.42 Å². The molecule has 5 nitrogen and oxygen atoms in total. The Hall–Kier alpha value is -3.34. The van der Waals surface area contributed by atoms with Crippen LogP contribution in [0.3, 0.4) is 0 Å². The maximum absolute atomic E-state index is 11.4. The van der Waals surface area contributed by atoms with Crippen molar-refractivity contribution in [1.29, 1.82) is 0 Å². The molecule has 3 aromatic rings. The molecule has 1 aliphatic rings. The van der Waals surface area contributed by atoms with E-state index in [4.69, 9.17) is 4.74 Å². The molecule has 0 saturated carbocycles. The minimum atomic E-state index is -0.951. The molecule has 1 unspecified atom stereocenters. The summed E-state index contributed by atoms with van der Waals surface area (Å²) in [7, 11) is 0. The second kappa shape index (κ2) is 8.13. The van der Waals surface area contributed by atoms with Crippen molar-refractivity contribution < 1.29 is 14.6 Å². The maximum Gasteiger partial charge on any atom is 0.337 e. The van der Waals surface area contributed by atoms with Gasteiger partial charge >= 0.3 is 5.97 Å². The van der Waals surface area contributed by atoms with Gasteiger partial charge in [0.1, 0.15) is 11.5 Å². The molecule has 1 aromatic heterocycles. The standard InChI is InChI=1S/C23H22N2O3/c26-23(27)20-12-13-24-15-21(20)25-14-16-6-4-10-19-18(16)9-5-11-22(19)28-17-7-2-1-3-8-17/h1-3,5,7-9,11-13,15-16,25H,4,6,10,14H2,(H,26,27). The number of carboxylic acids is 1. The van der Waals surface area contributed by atoms with Crippen molar-refractivity contribution in [3.05, 3.63) is 83.7 Å². The van der Waals surface area contributed by atoms with Crippen molar-refractivity contribution in [2.75, 3.05) is 11.9 Å². The molecule has 2 aromatic carbocycles. The summed E-state index contributed by atoms with van der Waals surface area (Å²) in [6.45, 7) is 0.660. The van der Waals surface area contributed by atoms with Gasteiger partial charge in [0, 0.05) is 18.7 Å². The van der Waals surface area contributed by atoms with Crippen LogP contribution in [0, 0.1) is 0 Å². The molecule has 1 aliphatic carbocycles. The molecule has 5 heteroatoms. The lowest BCUT2D eigenvalue weighted by atomic mass is 9.82. The third-order valence-corrected chi connectivity index (χ3v) is 5.15. The van der Waals surface area contributed by atoms with E-state index in [1.54, 1.807) is 6.20 Å². The van der Waals surface area contributed by atoms with Gasteiger partial charge in [-0.25, -0.2) is 4.79 Å². The van der Waals surface area contributed by atoms with Gasteiger partial charge in [0.25, 0.3) is 0 Å². The molecule has 28 heavy (non-hydrogen) atoms. The van der Waals surface area contributed by atoms with Crippen molar-refractivity contribution >= 4 is 11.7 Å². The fraction of sp³-hybridized carbons (Fsp3) is 0.217. The summed E-state index contributed by atoms with van der Waals surface area (Å²) >= 11 is 0.